The molecule has 1 saturated heterocycles. The fourth-order valence-corrected chi connectivity index (χ4v) is 5.20. The van der Waals surface area contributed by atoms with E-state index < -0.39 is 34.9 Å². The van der Waals surface area contributed by atoms with Gasteiger partial charge < -0.3 is 9.47 Å². The molecule has 0 unspecified atom stereocenters. The van der Waals surface area contributed by atoms with Crippen LogP contribution in [-0.4, -0.2) is 54.3 Å². The molecule has 11 heteroatoms. The molecule has 1 aliphatic rings. The zero-order valence-corrected chi connectivity index (χ0v) is 21.8. The Labute approximate surface area is 223 Å². The predicted molar refractivity (Wildman–Crippen MR) is 136 cm³/mol. The van der Waals surface area contributed by atoms with E-state index in [2.05, 4.69) is 4.98 Å². The smallest absolute Gasteiger partial charge is 0.249 e. The van der Waals surface area contributed by atoms with Gasteiger partial charge in [0.15, 0.2) is 17.5 Å². The third kappa shape index (κ3) is 6.25. The van der Waals surface area contributed by atoms with Crippen LogP contribution in [0, 0.1) is 29.8 Å². The van der Waals surface area contributed by atoms with Gasteiger partial charge in [-0.15, -0.1) is 0 Å². The Bertz CT molecular complexity index is 1310. The van der Waals surface area contributed by atoms with Crippen molar-refractivity contribution in [2.24, 2.45) is 5.41 Å². The van der Waals surface area contributed by atoms with E-state index in [1.807, 2.05) is 4.90 Å². The van der Waals surface area contributed by atoms with Crippen LogP contribution in [0.25, 0.3) is 10.9 Å². The maximum absolute atomic E-state index is 15.8. The van der Waals surface area contributed by atoms with Crippen LogP contribution in [0.1, 0.15) is 43.0 Å². The van der Waals surface area contributed by atoms with E-state index in [-0.39, 0.29) is 25.2 Å². The molecule has 1 atom stereocenters. The molecule has 0 aliphatic carbocycles. The summed E-state index contributed by atoms with van der Waals surface area (Å²) in [5, 5.41) is 10.1. The number of halogens is 4. The minimum atomic E-state index is -1.56. The van der Waals surface area contributed by atoms with Crippen LogP contribution in [0.15, 0.2) is 36.5 Å². The lowest BCUT2D eigenvalue weighted by Crippen LogP contribution is -2.49. The zero-order chi connectivity index (χ0) is 28.2. The van der Waals surface area contributed by atoms with E-state index in [1.54, 1.807) is 36.8 Å². The molecule has 39 heavy (non-hydrogen) atoms. The van der Waals surface area contributed by atoms with Gasteiger partial charge >= 0.3 is 0 Å². The topological polar surface area (TPSA) is 83.9 Å². The van der Waals surface area contributed by atoms with E-state index in [0.29, 0.717) is 60.3 Å². The van der Waals surface area contributed by atoms with Gasteiger partial charge in [0, 0.05) is 30.3 Å². The molecule has 210 valence electrons. The second-order valence-electron chi connectivity index (χ2n) is 9.86. The summed E-state index contributed by atoms with van der Waals surface area (Å²) in [6.07, 6.45) is 1.28. The van der Waals surface area contributed by atoms with Gasteiger partial charge in [-0.2, -0.15) is 0 Å². The number of carbonyl (C=O) groups is 1. The van der Waals surface area contributed by atoms with Gasteiger partial charge in [-0.1, -0.05) is 0 Å². The number of aryl methyl sites for hydroxylation is 1. The zero-order valence-electron chi connectivity index (χ0n) is 21.8. The molecule has 1 aromatic heterocycles. The summed E-state index contributed by atoms with van der Waals surface area (Å²) in [5.41, 5.74) is 2.63. The highest BCUT2D eigenvalue weighted by Gasteiger charge is 2.41. The van der Waals surface area contributed by atoms with Gasteiger partial charge in [0.25, 0.3) is 0 Å². The number of pyridine rings is 1. The van der Waals surface area contributed by atoms with E-state index in [0.717, 1.165) is 12.1 Å². The summed E-state index contributed by atoms with van der Waals surface area (Å²) >= 11 is 0. The standard InChI is InChI=1S/C28H31F4N3O4/c1-17-16-33-24-4-3-18(38-2)13-20(24)25(17)21(29)5-6-28(27(36)34-37)7-9-35(10-8-28)11-12-39-19-14-22(30)26(32)23(31)15-19/h3-4,13-16,21,37H,5-12H2,1-2H3,(H,34,36)/t21-/m1/s1. The second-order valence-corrected chi connectivity index (χ2v) is 9.86. The first-order chi connectivity index (χ1) is 18.7. The fraction of sp³-hybridized carbons (Fsp3) is 0.429. The summed E-state index contributed by atoms with van der Waals surface area (Å²) in [6, 6.07) is 6.85. The Morgan fingerprint density at radius 3 is 2.49 bits per heavy atom. The van der Waals surface area contributed by atoms with E-state index in [9.17, 15) is 23.2 Å². The third-order valence-corrected chi connectivity index (χ3v) is 7.54. The molecule has 1 amide bonds. The maximum Gasteiger partial charge on any atom is 0.249 e. The predicted octanol–water partition coefficient (Wildman–Crippen LogP) is 5.43. The number of ether oxygens (including phenoxy) is 2. The molecule has 4 rings (SSSR count). The molecule has 3 aromatic rings. The first kappa shape index (κ1) is 28.6. The van der Waals surface area contributed by atoms with Crippen molar-refractivity contribution in [3.05, 3.63) is 65.1 Å². The van der Waals surface area contributed by atoms with Crippen molar-refractivity contribution < 1.29 is 37.0 Å². The molecular formula is C28H31F4N3O4. The third-order valence-electron chi connectivity index (χ3n) is 7.54. The van der Waals surface area contributed by atoms with Crippen molar-refractivity contribution >= 4 is 16.8 Å². The molecule has 2 N–H and O–H groups in total. The number of nitrogens with one attached hydrogen (secondary N) is 1. The first-order valence-electron chi connectivity index (χ1n) is 12.7. The molecule has 0 saturated carbocycles. The number of methoxy groups -OCH3 is 1. The lowest BCUT2D eigenvalue weighted by molar-refractivity contribution is -0.143. The fourth-order valence-electron chi connectivity index (χ4n) is 5.20. The maximum atomic E-state index is 15.8. The van der Waals surface area contributed by atoms with Crippen molar-refractivity contribution in [1.29, 1.82) is 0 Å². The Morgan fingerprint density at radius 2 is 1.85 bits per heavy atom. The largest absolute Gasteiger partial charge is 0.497 e. The summed E-state index contributed by atoms with van der Waals surface area (Å²) in [6.45, 7) is 3.21. The Balaban J connectivity index is 1.39. The van der Waals surface area contributed by atoms with Gasteiger partial charge in [-0.3, -0.25) is 19.9 Å². The molecule has 2 heterocycles. The van der Waals surface area contributed by atoms with Crippen LogP contribution < -0.4 is 15.0 Å². The number of fused-ring (bicyclic) bond motifs is 1. The summed E-state index contributed by atoms with van der Waals surface area (Å²) in [7, 11) is 1.54. The quantitative estimate of drug-likeness (QED) is 0.152. The summed E-state index contributed by atoms with van der Waals surface area (Å²) in [5.74, 6) is -4.31. The van der Waals surface area contributed by atoms with E-state index in [4.69, 9.17) is 9.47 Å². The van der Waals surface area contributed by atoms with Crippen LogP contribution in [-0.2, 0) is 4.79 Å². The number of piperidine rings is 1. The number of likely N-dealkylation sites (tertiary alicyclic amines) is 1. The number of hydroxylamine groups is 1. The highest BCUT2D eigenvalue weighted by Crippen LogP contribution is 2.41. The van der Waals surface area contributed by atoms with Crippen LogP contribution in [0.5, 0.6) is 11.5 Å². The van der Waals surface area contributed by atoms with E-state index >= 15 is 4.39 Å². The average Bonchev–Trinajstić information content (AvgIpc) is 2.94. The number of benzene rings is 2. The molecule has 0 bridgehead atoms. The molecule has 0 spiro atoms. The number of rotatable bonds is 10. The number of aromatic nitrogens is 1. The minimum absolute atomic E-state index is 0.0649. The van der Waals surface area contributed by atoms with Gasteiger partial charge in [-0.25, -0.2) is 23.0 Å². The molecule has 1 fully saturated rings. The number of carbonyl (C=O) groups excluding carboxylic acids is 1. The Kier molecular flexibility index (Phi) is 8.91. The molecule has 7 nitrogen and oxygen atoms in total. The van der Waals surface area contributed by atoms with Crippen LogP contribution in [0.4, 0.5) is 17.6 Å². The van der Waals surface area contributed by atoms with Crippen molar-refractivity contribution in [2.75, 3.05) is 33.4 Å². The van der Waals surface area contributed by atoms with Crippen molar-refractivity contribution in [1.82, 2.24) is 15.4 Å². The molecular weight excluding hydrogens is 518 g/mol. The lowest BCUT2D eigenvalue weighted by Gasteiger charge is -2.40. The number of alkyl halides is 1. The van der Waals surface area contributed by atoms with Gasteiger partial charge in [0.2, 0.25) is 5.91 Å². The number of nitrogens with zero attached hydrogens (tertiary/aromatic N) is 2. The van der Waals surface area contributed by atoms with Crippen molar-refractivity contribution in [3.8, 4) is 11.5 Å². The number of amides is 1. The van der Waals surface area contributed by atoms with Crippen molar-refractivity contribution in [2.45, 2.75) is 38.8 Å². The summed E-state index contributed by atoms with van der Waals surface area (Å²) < 4.78 is 66.3. The lowest BCUT2D eigenvalue weighted by atomic mass is 9.73. The minimum Gasteiger partial charge on any atom is -0.497 e. The Hall–Kier alpha value is -3.44. The SMILES string of the molecule is COc1ccc2ncc(C)c([C@H](F)CCC3(C(=O)NO)CCN(CCOc4cc(F)c(F)c(F)c4)CC3)c2c1. The average molecular weight is 550 g/mol. The molecule has 2 aromatic carbocycles. The van der Waals surface area contributed by atoms with E-state index in [1.165, 1.54) is 7.11 Å². The second kappa shape index (κ2) is 12.2. The normalized spacial score (nSPS) is 16.2. The highest BCUT2D eigenvalue weighted by atomic mass is 19.2. The van der Waals surface area contributed by atoms with Crippen LogP contribution in [0.3, 0.4) is 0 Å². The van der Waals surface area contributed by atoms with Crippen molar-refractivity contribution in [3.63, 3.8) is 0 Å². The summed E-state index contributed by atoms with van der Waals surface area (Å²) in [4.78, 5) is 19.1. The monoisotopic (exact) mass is 549 g/mol. The Morgan fingerprint density at radius 1 is 1.15 bits per heavy atom. The highest BCUT2D eigenvalue weighted by molar-refractivity contribution is 5.85. The van der Waals surface area contributed by atoms with Gasteiger partial charge in [0.05, 0.1) is 18.0 Å². The number of hydrogen-bond acceptors (Lipinski definition) is 6. The number of hydrogen-bond donors (Lipinski definition) is 2. The molecule has 1 aliphatic heterocycles. The first-order valence-corrected chi connectivity index (χ1v) is 12.7. The molecule has 0 radical (unpaired) electrons. The van der Waals surface area contributed by atoms with Gasteiger partial charge in [0.1, 0.15) is 24.3 Å². The van der Waals surface area contributed by atoms with Gasteiger partial charge in [-0.05, 0) is 75.0 Å². The van der Waals surface area contributed by atoms with Crippen LogP contribution in [0.2, 0.25) is 0 Å². The van der Waals surface area contributed by atoms with Crippen LogP contribution >= 0.6 is 0 Å².